The first-order valence-electron chi connectivity index (χ1n) is 8.54. The third-order valence-electron chi connectivity index (χ3n) is 3.19. The number of carboxylic acids is 1. The van der Waals surface area contributed by atoms with Gasteiger partial charge in [-0.05, 0) is 38.2 Å². The first kappa shape index (κ1) is 21.1. The van der Waals surface area contributed by atoms with Gasteiger partial charge in [-0.3, -0.25) is 9.59 Å². The Morgan fingerprint density at radius 3 is 2.35 bits per heavy atom. The van der Waals surface area contributed by atoms with E-state index in [1.165, 1.54) is 19.3 Å². The molecular weight excluding hydrogens is 288 g/mol. The van der Waals surface area contributed by atoms with Crippen LogP contribution in [0.1, 0.15) is 64.7 Å². The number of carbonyl (C=O) groups is 2. The van der Waals surface area contributed by atoms with Gasteiger partial charge in [0.05, 0.1) is 0 Å². The molecule has 0 aromatic heterocycles. The quantitative estimate of drug-likeness (QED) is 0.202. The Morgan fingerprint density at radius 1 is 0.870 bits per heavy atom. The Kier molecular flexibility index (Phi) is 15.1. The van der Waals surface area contributed by atoms with Crippen molar-refractivity contribution in [3.63, 3.8) is 0 Å². The Hall–Kier alpha value is -1.90. The molecule has 23 heavy (non-hydrogen) atoms. The molecule has 0 saturated carbocycles. The maximum absolute atomic E-state index is 11.6. The van der Waals surface area contributed by atoms with Gasteiger partial charge in [0.25, 0.3) is 0 Å². The molecule has 0 unspecified atom stereocenters. The summed E-state index contributed by atoms with van der Waals surface area (Å²) in [4.78, 5) is 21.9. The van der Waals surface area contributed by atoms with Crippen LogP contribution in [0.15, 0.2) is 48.6 Å². The predicted octanol–water partition coefficient (Wildman–Crippen LogP) is 5.40. The van der Waals surface area contributed by atoms with Gasteiger partial charge in [-0.1, -0.05) is 62.3 Å². The normalized spacial score (nSPS) is 12.2. The van der Waals surface area contributed by atoms with Crippen molar-refractivity contribution in [2.75, 3.05) is 0 Å². The van der Waals surface area contributed by atoms with Gasteiger partial charge in [0.2, 0.25) is 0 Å². The molecular formula is C20H30O3. The highest BCUT2D eigenvalue weighted by Gasteiger charge is 1.92. The first-order chi connectivity index (χ1) is 11.2. The molecule has 3 heteroatoms. The summed E-state index contributed by atoms with van der Waals surface area (Å²) in [6.45, 7) is 2.18. The van der Waals surface area contributed by atoms with E-state index in [2.05, 4.69) is 13.0 Å². The molecule has 0 aliphatic rings. The average Bonchev–Trinajstić information content (AvgIpc) is 2.52. The maximum Gasteiger partial charge on any atom is 0.303 e. The summed E-state index contributed by atoms with van der Waals surface area (Å²) in [5.41, 5.74) is 0. The van der Waals surface area contributed by atoms with Crippen LogP contribution >= 0.6 is 0 Å². The summed E-state index contributed by atoms with van der Waals surface area (Å²) < 4.78 is 0. The van der Waals surface area contributed by atoms with Crippen LogP contribution in [0.2, 0.25) is 0 Å². The van der Waals surface area contributed by atoms with Crippen LogP contribution in [0.3, 0.4) is 0 Å². The Balaban J connectivity index is 3.64. The molecule has 0 radical (unpaired) electrons. The number of carboxylic acid groups (broad SMARTS) is 1. The van der Waals surface area contributed by atoms with Gasteiger partial charge in [-0.15, -0.1) is 0 Å². The fourth-order valence-corrected chi connectivity index (χ4v) is 1.88. The van der Waals surface area contributed by atoms with E-state index >= 15 is 0 Å². The summed E-state index contributed by atoms with van der Waals surface area (Å²) in [5, 5.41) is 8.49. The van der Waals surface area contributed by atoms with Gasteiger partial charge in [-0.25, -0.2) is 0 Å². The van der Waals surface area contributed by atoms with Gasteiger partial charge >= 0.3 is 5.97 Å². The second-order valence-corrected chi connectivity index (χ2v) is 5.42. The molecule has 0 fully saturated rings. The van der Waals surface area contributed by atoms with E-state index < -0.39 is 5.97 Å². The molecule has 0 aromatic carbocycles. The summed E-state index contributed by atoms with van der Waals surface area (Å²) in [6, 6.07) is 0. The topological polar surface area (TPSA) is 54.4 Å². The molecule has 0 amide bonds. The smallest absolute Gasteiger partial charge is 0.303 e. The zero-order valence-electron chi connectivity index (χ0n) is 14.2. The minimum absolute atomic E-state index is 0.116. The number of allylic oxidation sites excluding steroid dienone is 8. The third-order valence-corrected chi connectivity index (χ3v) is 3.19. The molecule has 0 heterocycles. The Bertz CT molecular complexity index is 428. The van der Waals surface area contributed by atoms with Gasteiger partial charge < -0.3 is 5.11 Å². The fourth-order valence-electron chi connectivity index (χ4n) is 1.88. The van der Waals surface area contributed by atoms with Gasteiger partial charge in [0, 0.05) is 12.8 Å². The lowest BCUT2D eigenvalue weighted by molar-refractivity contribution is -0.137. The van der Waals surface area contributed by atoms with Crippen LogP contribution in [0.25, 0.3) is 0 Å². The molecule has 128 valence electrons. The molecule has 0 aliphatic carbocycles. The van der Waals surface area contributed by atoms with E-state index in [1.807, 2.05) is 30.4 Å². The molecule has 0 rings (SSSR count). The van der Waals surface area contributed by atoms with Crippen molar-refractivity contribution in [3.8, 4) is 0 Å². The zero-order valence-corrected chi connectivity index (χ0v) is 14.2. The van der Waals surface area contributed by atoms with Gasteiger partial charge in [0.15, 0.2) is 5.78 Å². The minimum atomic E-state index is -0.746. The molecule has 3 nitrogen and oxygen atoms in total. The Labute approximate surface area is 140 Å². The summed E-state index contributed by atoms with van der Waals surface area (Å²) >= 11 is 0. The highest BCUT2D eigenvalue weighted by atomic mass is 16.4. The van der Waals surface area contributed by atoms with Crippen LogP contribution in [-0.4, -0.2) is 16.9 Å². The standard InChI is InChI=1S/C20H30O3/c1-2-3-4-5-10-13-16-19(21)17-14-11-8-6-7-9-12-15-18-20(22)23/h7-11,13-14,17H,2-6,12,15-16,18H2,1H3,(H,22,23)/b9-7+,11-8-,13-10+,17-14+. The lowest BCUT2D eigenvalue weighted by Gasteiger charge is -1.91. The lowest BCUT2D eigenvalue weighted by Crippen LogP contribution is -1.92. The van der Waals surface area contributed by atoms with Crippen molar-refractivity contribution in [2.24, 2.45) is 0 Å². The van der Waals surface area contributed by atoms with Crippen LogP contribution in [-0.2, 0) is 9.59 Å². The second-order valence-electron chi connectivity index (χ2n) is 5.42. The highest BCUT2D eigenvalue weighted by molar-refractivity contribution is 5.90. The van der Waals surface area contributed by atoms with E-state index in [0.717, 1.165) is 19.3 Å². The van der Waals surface area contributed by atoms with Crippen molar-refractivity contribution in [2.45, 2.75) is 64.7 Å². The number of hydrogen-bond acceptors (Lipinski definition) is 2. The average molecular weight is 318 g/mol. The number of unbranched alkanes of at least 4 members (excludes halogenated alkanes) is 4. The van der Waals surface area contributed by atoms with Gasteiger partial charge in [0.1, 0.15) is 0 Å². The molecule has 1 N–H and O–H groups in total. The van der Waals surface area contributed by atoms with Gasteiger partial charge in [-0.2, -0.15) is 0 Å². The van der Waals surface area contributed by atoms with E-state index in [-0.39, 0.29) is 12.2 Å². The summed E-state index contributed by atoms with van der Waals surface area (Å²) in [5.74, 6) is -0.630. The van der Waals surface area contributed by atoms with Crippen LogP contribution in [0.5, 0.6) is 0 Å². The van der Waals surface area contributed by atoms with E-state index in [0.29, 0.717) is 12.8 Å². The molecule has 0 spiro atoms. The number of hydrogen-bond donors (Lipinski definition) is 1. The van der Waals surface area contributed by atoms with E-state index in [1.54, 1.807) is 12.2 Å². The van der Waals surface area contributed by atoms with Crippen molar-refractivity contribution in [1.82, 2.24) is 0 Å². The molecule has 0 aliphatic heterocycles. The molecule has 0 atom stereocenters. The number of rotatable bonds is 14. The largest absolute Gasteiger partial charge is 0.481 e. The monoisotopic (exact) mass is 318 g/mol. The zero-order chi connectivity index (χ0) is 17.2. The van der Waals surface area contributed by atoms with Crippen LogP contribution in [0, 0.1) is 0 Å². The first-order valence-corrected chi connectivity index (χ1v) is 8.54. The number of carbonyl (C=O) groups excluding carboxylic acids is 1. The van der Waals surface area contributed by atoms with E-state index in [9.17, 15) is 9.59 Å². The second kappa shape index (κ2) is 16.5. The minimum Gasteiger partial charge on any atom is -0.481 e. The van der Waals surface area contributed by atoms with Crippen molar-refractivity contribution in [3.05, 3.63) is 48.6 Å². The third kappa shape index (κ3) is 18.1. The molecule has 0 bridgehead atoms. The predicted molar refractivity (Wildman–Crippen MR) is 96.4 cm³/mol. The number of aliphatic carboxylic acids is 1. The SMILES string of the molecule is CCCCC/C=C/CC(=O)/C=C/C=C\C/C=C/CCCC(=O)O. The van der Waals surface area contributed by atoms with E-state index in [4.69, 9.17) is 5.11 Å². The van der Waals surface area contributed by atoms with Crippen molar-refractivity contribution >= 4 is 11.8 Å². The summed E-state index contributed by atoms with van der Waals surface area (Å²) in [6.07, 6.45) is 22.9. The van der Waals surface area contributed by atoms with Crippen molar-refractivity contribution in [1.29, 1.82) is 0 Å². The Morgan fingerprint density at radius 2 is 1.61 bits per heavy atom. The highest BCUT2D eigenvalue weighted by Crippen LogP contribution is 2.01. The molecule has 0 aromatic rings. The van der Waals surface area contributed by atoms with Crippen molar-refractivity contribution < 1.29 is 14.7 Å². The fraction of sp³-hybridized carbons (Fsp3) is 0.500. The summed E-state index contributed by atoms with van der Waals surface area (Å²) in [7, 11) is 0. The van der Waals surface area contributed by atoms with Crippen LogP contribution < -0.4 is 0 Å². The lowest BCUT2D eigenvalue weighted by atomic mass is 10.1. The molecule has 0 saturated heterocycles. The van der Waals surface area contributed by atoms with Crippen LogP contribution in [0.4, 0.5) is 0 Å². The number of ketones is 1. The maximum atomic E-state index is 11.6.